The lowest BCUT2D eigenvalue weighted by Crippen LogP contribution is -2.49. The molecule has 0 saturated heterocycles. The molecule has 156 valence electrons. The second-order valence-electron chi connectivity index (χ2n) is 7.00. The number of hydrogen-bond donors (Lipinski definition) is 3. The molecule has 0 radical (unpaired) electrons. The Kier molecular flexibility index (Phi) is 5.69. The maximum Gasteiger partial charge on any atom is 0.257 e. The molecule has 0 bridgehead atoms. The van der Waals surface area contributed by atoms with Crippen molar-refractivity contribution < 1.29 is 23.9 Å². The number of hydrogen-bond acceptors (Lipinski definition) is 6. The number of fused-ring (bicyclic) bond motifs is 2. The molecule has 0 saturated carbocycles. The Morgan fingerprint density at radius 1 is 0.967 bits per heavy atom. The number of anilines is 1. The zero-order chi connectivity index (χ0) is 20.9. The van der Waals surface area contributed by atoms with E-state index in [1.807, 2.05) is 23.1 Å². The van der Waals surface area contributed by atoms with Crippen molar-refractivity contribution in [3.8, 4) is 11.5 Å². The van der Waals surface area contributed by atoms with Crippen LogP contribution in [-0.2, 0) is 16.0 Å². The third-order valence-electron chi connectivity index (χ3n) is 4.93. The topological polar surface area (TPSA) is 109 Å². The number of para-hydroxylation sites is 1. The zero-order valence-electron chi connectivity index (χ0n) is 16.3. The van der Waals surface area contributed by atoms with E-state index in [9.17, 15) is 14.4 Å². The molecule has 0 aromatic heterocycles. The Hall–Kier alpha value is -3.75. The molecular weight excluding hydrogens is 388 g/mol. The molecule has 2 heterocycles. The second-order valence-corrected chi connectivity index (χ2v) is 7.00. The number of benzene rings is 2. The minimum atomic E-state index is -0.531. The zero-order valence-corrected chi connectivity index (χ0v) is 16.3. The lowest BCUT2D eigenvalue weighted by molar-refractivity contribution is -0.127. The fourth-order valence-electron chi connectivity index (χ4n) is 3.47. The molecule has 0 spiro atoms. The van der Waals surface area contributed by atoms with Crippen LogP contribution in [0.25, 0.3) is 0 Å². The van der Waals surface area contributed by atoms with Crippen molar-refractivity contribution in [2.75, 3.05) is 31.3 Å². The van der Waals surface area contributed by atoms with Gasteiger partial charge in [-0.05, 0) is 42.7 Å². The molecule has 2 aliphatic heterocycles. The molecule has 2 aromatic rings. The van der Waals surface area contributed by atoms with Gasteiger partial charge in [-0.2, -0.15) is 0 Å². The number of ether oxygens (including phenoxy) is 2. The summed E-state index contributed by atoms with van der Waals surface area (Å²) < 4.78 is 10.4. The van der Waals surface area contributed by atoms with E-state index in [-0.39, 0.29) is 25.8 Å². The van der Waals surface area contributed by atoms with Gasteiger partial charge in [0.25, 0.3) is 17.7 Å². The maximum atomic E-state index is 12.2. The first-order valence-electron chi connectivity index (χ1n) is 9.68. The fourth-order valence-corrected chi connectivity index (χ4v) is 3.47. The molecule has 0 aliphatic carbocycles. The van der Waals surface area contributed by atoms with Gasteiger partial charge in [0.1, 0.15) is 0 Å². The smallest absolute Gasteiger partial charge is 0.257 e. The quantitative estimate of drug-likeness (QED) is 0.628. The van der Waals surface area contributed by atoms with Gasteiger partial charge in [-0.25, -0.2) is 0 Å². The summed E-state index contributed by atoms with van der Waals surface area (Å²) in [4.78, 5) is 38.3. The Labute approximate surface area is 173 Å². The maximum absolute atomic E-state index is 12.2. The lowest BCUT2D eigenvalue weighted by atomic mass is 10.0. The first kappa shape index (κ1) is 19.6. The number of amides is 3. The van der Waals surface area contributed by atoms with Gasteiger partial charge in [0, 0.05) is 17.8 Å². The molecule has 2 aliphatic rings. The van der Waals surface area contributed by atoms with Crippen LogP contribution < -0.4 is 30.5 Å². The lowest BCUT2D eigenvalue weighted by Gasteiger charge is -2.30. The predicted molar refractivity (Wildman–Crippen MR) is 108 cm³/mol. The molecule has 3 amide bonds. The first-order chi connectivity index (χ1) is 14.6. The van der Waals surface area contributed by atoms with Gasteiger partial charge < -0.3 is 19.7 Å². The molecular formula is C21H22N4O5. The van der Waals surface area contributed by atoms with Crippen LogP contribution in [0.1, 0.15) is 22.3 Å². The molecule has 2 aromatic carbocycles. The summed E-state index contributed by atoms with van der Waals surface area (Å²) in [5, 5.41) is 2.50. The van der Waals surface area contributed by atoms with Gasteiger partial charge in [0.15, 0.2) is 11.5 Å². The second kappa shape index (κ2) is 8.73. The van der Waals surface area contributed by atoms with Crippen molar-refractivity contribution in [2.45, 2.75) is 12.8 Å². The van der Waals surface area contributed by atoms with E-state index in [1.165, 1.54) is 5.56 Å². The third-order valence-corrected chi connectivity index (χ3v) is 4.93. The van der Waals surface area contributed by atoms with E-state index in [0.29, 0.717) is 17.1 Å². The molecule has 4 rings (SSSR count). The van der Waals surface area contributed by atoms with Gasteiger partial charge >= 0.3 is 0 Å². The van der Waals surface area contributed by atoms with Crippen molar-refractivity contribution in [3.05, 3.63) is 53.6 Å². The van der Waals surface area contributed by atoms with Crippen molar-refractivity contribution in [3.63, 3.8) is 0 Å². The van der Waals surface area contributed by atoms with Crippen molar-refractivity contribution in [1.82, 2.24) is 16.2 Å². The number of nitrogens with zero attached hydrogens (tertiary/aromatic N) is 1. The molecule has 30 heavy (non-hydrogen) atoms. The first-order valence-corrected chi connectivity index (χ1v) is 9.68. The highest BCUT2D eigenvalue weighted by Crippen LogP contribution is 2.32. The SMILES string of the molecule is O=C(CNC(=O)c1ccc2c(c1)OCO2)NNC(=O)CN1CCCc2ccccc21. The number of carbonyl (C=O) groups excluding carboxylic acids is 3. The van der Waals surface area contributed by atoms with E-state index in [1.54, 1.807) is 18.2 Å². The van der Waals surface area contributed by atoms with E-state index in [0.717, 1.165) is 25.1 Å². The van der Waals surface area contributed by atoms with Crippen LogP contribution in [0.4, 0.5) is 5.69 Å². The minimum Gasteiger partial charge on any atom is -0.454 e. The molecule has 0 atom stereocenters. The highest BCUT2D eigenvalue weighted by atomic mass is 16.7. The van der Waals surface area contributed by atoms with Crippen LogP contribution in [0, 0.1) is 0 Å². The number of nitrogens with one attached hydrogen (secondary N) is 3. The largest absolute Gasteiger partial charge is 0.454 e. The molecule has 0 unspecified atom stereocenters. The van der Waals surface area contributed by atoms with Gasteiger partial charge in [0.2, 0.25) is 6.79 Å². The summed E-state index contributed by atoms with van der Waals surface area (Å²) in [5.41, 5.74) is 7.31. The standard InChI is InChI=1S/C21H22N4O5/c26-19(11-22-21(28)15-7-8-17-18(10-15)30-13-29-17)23-24-20(27)12-25-9-3-5-14-4-1-2-6-16(14)25/h1-2,4,6-8,10H,3,5,9,11-13H2,(H,22,28)(H,23,26)(H,24,27). The normalized spacial score (nSPS) is 13.9. The van der Waals surface area contributed by atoms with E-state index in [2.05, 4.69) is 22.2 Å². The summed E-state index contributed by atoms with van der Waals surface area (Å²) in [7, 11) is 0. The summed E-state index contributed by atoms with van der Waals surface area (Å²) in [6.45, 7) is 0.760. The third kappa shape index (κ3) is 4.45. The van der Waals surface area contributed by atoms with Crippen molar-refractivity contribution >= 4 is 23.4 Å². The molecule has 3 N–H and O–H groups in total. The van der Waals surface area contributed by atoms with Gasteiger partial charge in [-0.15, -0.1) is 0 Å². The summed E-state index contributed by atoms with van der Waals surface area (Å²) in [6, 6.07) is 12.7. The Morgan fingerprint density at radius 3 is 2.67 bits per heavy atom. The van der Waals surface area contributed by atoms with Gasteiger partial charge in [-0.1, -0.05) is 18.2 Å². The number of carbonyl (C=O) groups is 3. The van der Waals surface area contributed by atoms with Crippen LogP contribution >= 0.6 is 0 Å². The number of rotatable bonds is 5. The van der Waals surface area contributed by atoms with Crippen molar-refractivity contribution in [2.24, 2.45) is 0 Å². The van der Waals surface area contributed by atoms with Crippen LogP contribution in [0.2, 0.25) is 0 Å². The summed E-state index contributed by atoms with van der Waals surface area (Å²) in [5.74, 6) is -0.236. The van der Waals surface area contributed by atoms with E-state index < -0.39 is 11.8 Å². The Morgan fingerprint density at radius 2 is 1.77 bits per heavy atom. The average molecular weight is 410 g/mol. The van der Waals surface area contributed by atoms with Crippen LogP contribution in [-0.4, -0.2) is 44.1 Å². The van der Waals surface area contributed by atoms with E-state index in [4.69, 9.17) is 9.47 Å². The summed E-state index contributed by atoms with van der Waals surface area (Å²) >= 11 is 0. The van der Waals surface area contributed by atoms with E-state index >= 15 is 0 Å². The van der Waals surface area contributed by atoms with Gasteiger partial charge in [-0.3, -0.25) is 25.2 Å². The minimum absolute atomic E-state index is 0.117. The molecule has 0 fully saturated rings. The molecule has 9 heteroatoms. The summed E-state index contributed by atoms with van der Waals surface area (Å²) in [6.07, 6.45) is 1.97. The van der Waals surface area contributed by atoms with Crippen LogP contribution in [0.5, 0.6) is 11.5 Å². The highest BCUT2D eigenvalue weighted by Gasteiger charge is 2.19. The average Bonchev–Trinajstić information content (AvgIpc) is 3.24. The molecule has 9 nitrogen and oxygen atoms in total. The number of aryl methyl sites for hydroxylation is 1. The number of hydrazine groups is 1. The van der Waals surface area contributed by atoms with Crippen LogP contribution in [0.15, 0.2) is 42.5 Å². The van der Waals surface area contributed by atoms with Crippen LogP contribution in [0.3, 0.4) is 0 Å². The Balaban J connectivity index is 1.21. The van der Waals surface area contributed by atoms with Crippen molar-refractivity contribution in [1.29, 1.82) is 0 Å². The Bertz CT molecular complexity index is 978. The highest BCUT2D eigenvalue weighted by molar-refractivity contribution is 5.97. The fraction of sp³-hybridized carbons (Fsp3) is 0.286. The van der Waals surface area contributed by atoms with Gasteiger partial charge in [0.05, 0.1) is 13.1 Å². The monoisotopic (exact) mass is 410 g/mol. The predicted octanol–water partition coefficient (Wildman–Crippen LogP) is 0.745.